The number of benzene rings is 7. The fourth-order valence-corrected chi connectivity index (χ4v) is 10.1. The van der Waals surface area contributed by atoms with Gasteiger partial charge < -0.3 is 4.57 Å². The van der Waals surface area contributed by atoms with Gasteiger partial charge in [0.15, 0.2) is 0 Å². The van der Waals surface area contributed by atoms with E-state index in [1.807, 2.05) is 23.6 Å². The van der Waals surface area contributed by atoms with Gasteiger partial charge in [0.25, 0.3) is 0 Å². The van der Waals surface area contributed by atoms with Gasteiger partial charge >= 0.3 is 0 Å². The number of fused-ring (bicyclic) bond motifs is 9. The third-order valence-corrected chi connectivity index (χ3v) is 12.7. The van der Waals surface area contributed by atoms with Gasteiger partial charge in [-0.2, -0.15) is 0 Å². The highest BCUT2D eigenvalue weighted by Crippen LogP contribution is 2.51. The van der Waals surface area contributed by atoms with Gasteiger partial charge in [0, 0.05) is 59.6 Å². The first-order valence-corrected chi connectivity index (χ1v) is 19.4. The van der Waals surface area contributed by atoms with Gasteiger partial charge in [-0.15, -0.1) is 11.3 Å². The molecule has 256 valence electrons. The Morgan fingerprint density at radius 3 is 1.96 bits per heavy atom. The van der Waals surface area contributed by atoms with Crippen molar-refractivity contribution in [1.29, 1.82) is 0 Å². The Morgan fingerprint density at radius 1 is 0.519 bits per heavy atom. The average molecular weight is 710 g/mol. The summed E-state index contributed by atoms with van der Waals surface area (Å²) in [4.78, 5) is 7.15. The van der Waals surface area contributed by atoms with Crippen molar-refractivity contribution in [2.75, 3.05) is 4.90 Å². The van der Waals surface area contributed by atoms with Crippen molar-refractivity contribution in [2.45, 2.75) is 19.3 Å². The summed E-state index contributed by atoms with van der Waals surface area (Å²) in [5, 5.41) is 5.19. The second-order valence-corrected chi connectivity index (χ2v) is 15.9. The Hall–Kier alpha value is -6.49. The van der Waals surface area contributed by atoms with Crippen LogP contribution in [0.2, 0.25) is 0 Å². The molecule has 1 aliphatic rings. The zero-order valence-corrected chi connectivity index (χ0v) is 30.8. The van der Waals surface area contributed by atoms with Crippen molar-refractivity contribution in [3.05, 3.63) is 187 Å². The molecule has 0 bridgehead atoms. The number of hydrogen-bond donors (Lipinski definition) is 0. The first kappa shape index (κ1) is 31.1. The van der Waals surface area contributed by atoms with Crippen molar-refractivity contribution >= 4 is 70.5 Å². The maximum Gasteiger partial charge on any atom is 0.137 e. The summed E-state index contributed by atoms with van der Waals surface area (Å²) in [6.45, 7) is 4.71. The first-order valence-electron chi connectivity index (χ1n) is 18.5. The van der Waals surface area contributed by atoms with E-state index in [-0.39, 0.29) is 5.41 Å². The molecule has 3 heterocycles. The largest absolute Gasteiger partial charge is 0.309 e. The second kappa shape index (κ2) is 11.8. The van der Waals surface area contributed by atoms with Crippen LogP contribution in [-0.4, -0.2) is 9.55 Å². The van der Waals surface area contributed by atoms with Crippen molar-refractivity contribution in [1.82, 2.24) is 9.55 Å². The molecule has 1 aliphatic carbocycles. The third kappa shape index (κ3) is 4.57. The molecule has 0 saturated heterocycles. The number of para-hydroxylation sites is 2. The molecule has 0 amide bonds. The van der Waals surface area contributed by atoms with Gasteiger partial charge in [0.05, 0.1) is 11.0 Å². The van der Waals surface area contributed by atoms with Crippen molar-refractivity contribution in [3.8, 4) is 27.9 Å². The second-order valence-electron chi connectivity index (χ2n) is 14.8. The normalized spacial score (nSPS) is 13.1. The lowest BCUT2D eigenvalue weighted by Gasteiger charge is -2.27. The Kier molecular flexibility index (Phi) is 6.77. The molecule has 0 aliphatic heterocycles. The van der Waals surface area contributed by atoms with Crippen LogP contribution >= 0.6 is 11.3 Å². The summed E-state index contributed by atoms with van der Waals surface area (Å²) in [7, 11) is 0. The quantitative estimate of drug-likeness (QED) is 0.177. The lowest BCUT2D eigenvalue weighted by molar-refractivity contribution is 0.660. The van der Waals surface area contributed by atoms with E-state index in [1.54, 1.807) is 0 Å². The molecule has 54 heavy (non-hydrogen) atoms. The number of pyridine rings is 1. The lowest BCUT2D eigenvalue weighted by atomic mass is 9.82. The molecular formula is C50H35N3S. The highest BCUT2D eigenvalue weighted by Gasteiger charge is 2.36. The number of nitrogens with zero attached hydrogens (tertiary/aromatic N) is 3. The minimum atomic E-state index is -0.178. The number of hydrogen-bond acceptors (Lipinski definition) is 3. The Morgan fingerprint density at radius 2 is 1.20 bits per heavy atom. The fraction of sp³-hybridized carbons (Fsp3) is 0.0600. The molecule has 3 nitrogen and oxygen atoms in total. The van der Waals surface area contributed by atoms with Crippen molar-refractivity contribution < 1.29 is 0 Å². The van der Waals surface area contributed by atoms with Crippen LogP contribution in [0.25, 0.3) is 69.9 Å². The molecule has 0 atom stereocenters. The van der Waals surface area contributed by atoms with Crippen LogP contribution in [0, 0.1) is 0 Å². The van der Waals surface area contributed by atoms with E-state index in [4.69, 9.17) is 4.98 Å². The molecule has 0 N–H and O–H groups in total. The Bertz CT molecular complexity index is 3020. The minimum absolute atomic E-state index is 0.178. The molecule has 7 aromatic carbocycles. The zero-order chi connectivity index (χ0) is 36.0. The molecule has 10 aromatic rings. The van der Waals surface area contributed by atoms with E-state index in [9.17, 15) is 0 Å². The molecule has 0 unspecified atom stereocenters. The zero-order valence-electron chi connectivity index (χ0n) is 30.0. The van der Waals surface area contributed by atoms with Gasteiger partial charge in [-0.3, -0.25) is 4.90 Å². The van der Waals surface area contributed by atoms with E-state index in [2.05, 4.69) is 187 Å². The molecule has 0 spiro atoms. The molecule has 0 fully saturated rings. The van der Waals surface area contributed by atoms with E-state index in [0.29, 0.717) is 0 Å². The van der Waals surface area contributed by atoms with Crippen LogP contribution < -0.4 is 4.90 Å². The molecule has 0 radical (unpaired) electrons. The molecule has 0 saturated carbocycles. The maximum absolute atomic E-state index is 4.86. The predicted molar refractivity (Wildman–Crippen MR) is 229 cm³/mol. The highest BCUT2D eigenvalue weighted by molar-refractivity contribution is 7.26. The van der Waals surface area contributed by atoms with E-state index in [1.165, 1.54) is 81.0 Å². The van der Waals surface area contributed by atoms with Gasteiger partial charge in [-0.25, -0.2) is 4.98 Å². The molecular weight excluding hydrogens is 675 g/mol. The number of aromatic nitrogens is 2. The van der Waals surface area contributed by atoms with Crippen LogP contribution in [0.4, 0.5) is 17.2 Å². The van der Waals surface area contributed by atoms with Crippen molar-refractivity contribution in [2.24, 2.45) is 0 Å². The monoisotopic (exact) mass is 709 g/mol. The summed E-state index contributed by atoms with van der Waals surface area (Å²) in [5.41, 5.74) is 13.4. The summed E-state index contributed by atoms with van der Waals surface area (Å²) in [6.07, 6.45) is 1.88. The standard InChI is InChI=1S/C50H35N3S/c1-50(2)43-28-26-34(53-45-17-6-3-12-38(45)39-13-4-7-18-46(39)53)30-42(43)37-27-25-35(31-44(37)50)52(48-20-9-10-29-51-48)33-23-21-32(22-24-33)36-15-11-16-41-40-14-5-8-19-47(40)54-49(36)41/h3-31H,1-2H3. The topological polar surface area (TPSA) is 21.1 Å². The van der Waals surface area contributed by atoms with E-state index >= 15 is 0 Å². The van der Waals surface area contributed by atoms with Crippen LogP contribution in [0.1, 0.15) is 25.0 Å². The summed E-state index contributed by atoms with van der Waals surface area (Å²) in [5.74, 6) is 0.888. The van der Waals surface area contributed by atoms with Gasteiger partial charge in [-0.05, 0) is 100 Å². The number of thiophene rings is 1. The SMILES string of the molecule is CC1(C)c2ccc(-n3c4ccccc4c4ccccc43)cc2-c2ccc(N(c3ccc(-c4cccc5c4sc4ccccc45)cc3)c3ccccn3)cc21. The van der Waals surface area contributed by atoms with Crippen LogP contribution in [-0.2, 0) is 5.41 Å². The Balaban J connectivity index is 1.02. The third-order valence-electron chi connectivity index (χ3n) is 11.5. The predicted octanol–water partition coefficient (Wildman–Crippen LogP) is 14.0. The van der Waals surface area contributed by atoms with Gasteiger partial charge in [0.1, 0.15) is 5.82 Å². The van der Waals surface area contributed by atoms with Crippen LogP contribution in [0.15, 0.2) is 176 Å². The van der Waals surface area contributed by atoms with E-state index < -0.39 is 0 Å². The lowest BCUT2D eigenvalue weighted by Crippen LogP contribution is -2.17. The summed E-state index contributed by atoms with van der Waals surface area (Å²) >= 11 is 1.87. The van der Waals surface area contributed by atoms with Gasteiger partial charge in [-0.1, -0.05) is 117 Å². The molecule has 3 aromatic heterocycles. The van der Waals surface area contributed by atoms with Gasteiger partial charge in [0.2, 0.25) is 0 Å². The smallest absolute Gasteiger partial charge is 0.137 e. The van der Waals surface area contributed by atoms with Crippen LogP contribution in [0.3, 0.4) is 0 Å². The first-order chi connectivity index (χ1) is 26.5. The van der Waals surface area contributed by atoms with E-state index in [0.717, 1.165) is 17.2 Å². The fourth-order valence-electron chi connectivity index (χ4n) is 8.87. The maximum atomic E-state index is 4.86. The summed E-state index contributed by atoms with van der Waals surface area (Å²) < 4.78 is 5.06. The molecule has 11 rings (SSSR count). The van der Waals surface area contributed by atoms with Crippen LogP contribution in [0.5, 0.6) is 0 Å². The number of anilines is 3. The number of rotatable bonds is 5. The summed E-state index contributed by atoms with van der Waals surface area (Å²) in [6, 6.07) is 62.0. The average Bonchev–Trinajstić information content (AvgIpc) is 3.84. The minimum Gasteiger partial charge on any atom is -0.309 e. The Labute approximate surface area is 318 Å². The van der Waals surface area contributed by atoms with Crippen molar-refractivity contribution in [3.63, 3.8) is 0 Å². The molecule has 4 heteroatoms. The highest BCUT2D eigenvalue weighted by atomic mass is 32.1.